The van der Waals surface area contributed by atoms with Crippen LogP contribution in [0.4, 0.5) is 4.39 Å². The minimum absolute atomic E-state index is 0.0767. The standard InChI is InChI=1S/C28H28ClFN4O5/c29-19-5-4-18(21(30)12-19)16-38-26-3-1-2-22(31-26)17-6-9-33(10-7-17)15-25-32-27-23(13-24(39-27)28(35)36)34(25)14-20-8-11-37-20/h1-5,12-13,17,20H,6-11,14-16H2,(H,35,36)/t20-/m0/s1. The summed E-state index contributed by atoms with van der Waals surface area (Å²) in [6.07, 6.45) is 2.92. The largest absolute Gasteiger partial charge is 0.475 e. The number of aromatic nitrogens is 3. The van der Waals surface area contributed by atoms with Gasteiger partial charge >= 0.3 is 5.97 Å². The average molecular weight is 555 g/mol. The first-order valence-corrected chi connectivity index (χ1v) is 13.4. The minimum atomic E-state index is -1.11. The van der Waals surface area contributed by atoms with Crippen LogP contribution in [0.3, 0.4) is 0 Å². The van der Waals surface area contributed by atoms with Crippen molar-refractivity contribution < 1.29 is 28.2 Å². The fourth-order valence-corrected chi connectivity index (χ4v) is 5.30. The number of benzene rings is 1. The summed E-state index contributed by atoms with van der Waals surface area (Å²) in [7, 11) is 0. The number of fused-ring (bicyclic) bond motifs is 1. The molecule has 11 heteroatoms. The Hall–Kier alpha value is -3.47. The molecular weight excluding hydrogens is 527 g/mol. The number of ether oxygens (including phenoxy) is 2. The Morgan fingerprint density at radius 3 is 2.69 bits per heavy atom. The second kappa shape index (κ2) is 11.0. The summed E-state index contributed by atoms with van der Waals surface area (Å²) in [4.78, 5) is 23.0. The van der Waals surface area contributed by atoms with Crippen molar-refractivity contribution in [2.45, 2.75) is 51.0 Å². The highest BCUT2D eigenvalue weighted by molar-refractivity contribution is 6.30. The summed E-state index contributed by atoms with van der Waals surface area (Å²) in [6, 6.07) is 11.8. The number of nitrogens with zero attached hydrogens (tertiary/aromatic N) is 4. The molecule has 0 radical (unpaired) electrons. The Balaban J connectivity index is 1.09. The summed E-state index contributed by atoms with van der Waals surface area (Å²) in [5.41, 5.74) is 2.42. The molecule has 39 heavy (non-hydrogen) atoms. The Labute approximate surface area is 229 Å². The predicted molar refractivity (Wildman–Crippen MR) is 141 cm³/mol. The SMILES string of the molecule is O=C(O)c1cc2c(nc(CN3CCC(c4cccc(OCc5ccc(Cl)cc5F)n4)CC3)n2C[C@@H]2CCO2)o1. The van der Waals surface area contributed by atoms with E-state index in [0.717, 1.165) is 50.5 Å². The lowest BCUT2D eigenvalue weighted by atomic mass is 9.93. The van der Waals surface area contributed by atoms with Gasteiger partial charge in [0.15, 0.2) is 0 Å². The van der Waals surface area contributed by atoms with E-state index in [9.17, 15) is 14.3 Å². The first kappa shape index (κ1) is 25.8. The molecule has 204 valence electrons. The van der Waals surface area contributed by atoms with Gasteiger partial charge in [0.25, 0.3) is 0 Å². The molecule has 2 fully saturated rings. The van der Waals surface area contributed by atoms with Crippen LogP contribution in [0.5, 0.6) is 5.88 Å². The van der Waals surface area contributed by atoms with Gasteiger partial charge in [-0.05, 0) is 50.6 Å². The van der Waals surface area contributed by atoms with E-state index in [1.54, 1.807) is 24.3 Å². The smallest absolute Gasteiger partial charge is 0.371 e. The molecule has 1 N–H and O–H groups in total. The van der Waals surface area contributed by atoms with Crippen LogP contribution in [-0.2, 0) is 24.4 Å². The van der Waals surface area contributed by atoms with Gasteiger partial charge in [-0.2, -0.15) is 4.98 Å². The van der Waals surface area contributed by atoms with Gasteiger partial charge in [-0.1, -0.05) is 23.7 Å². The zero-order chi connectivity index (χ0) is 26.9. The average Bonchev–Trinajstić information content (AvgIpc) is 3.45. The Morgan fingerprint density at radius 1 is 1.15 bits per heavy atom. The number of carboxylic acids is 1. The molecular formula is C28H28ClFN4O5. The Bertz CT molecular complexity index is 1490. The number of imidazole rings is 1. The van der Waals surface area contributed by atoms with Crippen molar-refractivity contribution >= 4 is 28.8 Å². The maximum absolute atomic E-state index is 14.1. The van der Waals surface area contributed by atoms with E-state index < -0.39 is 11.8 Å². The Morgan fingerprint density at radius 2 is 1.97 bits per heavy atom. The fraction of sp³-hybridized carbons (Fsp3) is 0.393. The highest BCUT2D eigenvalue weighted by Gasteiger charge is 2.27. The van der Waals surface area contributed by atoms with Crippen molar-refractivity contribution in [2.75, 3.05) is 19.7 Å². The van der Waals surface area contributed by atoms with Gasteiger partial charge in [-0.3, -0.25) is 4.90 Å². The number of hydrogen-bond acceptors (Lipinski definition) is 7. The van der Waals surface area contributed by atoms with Crippen LogP contribution in [0, 0.1) is 5.82 Å². The van der Waals surface area contributed by atoms with E-state index in [2.05, 4.69) is 9.88 Å². The number of piperidine rings is 1. The minimum Gasteiger partial charge on any atom is -0.475 e. The van der Waals surface area contributed by atoms with Crippen LogP contribution in [-0.4, -0.2) is 56.3 Å². The van der Waals surface area contributed by atoms with Crippen LogP contribution in [0.2, 0.25) is 5.02 Å². The number of rotatable bonds is 9. The van der Waals surface area contributed by atoms with E-state index >= 15 is 0 Å². The van der Waals surface area contributed by atoms with Crippen molar-refractivity contribution in [3.05, 3.63) is 76.1 Å². The van der Waals surface area contributed by atoms with Gasteiger partial charge in [-0.25, -0.2) is 14.2 Å². The summed E-state index contributed by atoms with van der Waals surface area (Å²) < 4.78 is 33.0. The zero-order valence-corrected chi connectivity index (χ0v) is 21.9. The number of likely N-dealkylation sites (tertiary alicyclic amines) is 1. The summed E-state index contributed by atoms with van der Waals surface area (Å²) >= 11 is 5.83. The molecule has 0 spiro atoms. The number of halogens is 2. The number of pyridine rings is 1. The molecule has 4 aromatic rings. The molecule has 2 aliphatic rings. The zero-order valence-electron chi connectivity index (χ0n) is 21.2. The van der Waals surface area contributed by atoms with Gasteiger partial charge in [0.05, 0.1) is 19.2 Å². The first-order valence-electron chi connectivity index (χ1n) is 13.0. The summed E-state index contributed by atoms with van der Waals surface area (Å²) in [5, 5.41) is 9.65. The lowest BCUT2D eigenvalue weighted by Gasteiger charge is -2.32. The fourth-order valence-electron chi connectivity index (χ4n) is 5.14. The normalized spacial score (nSPS) is 18.4. The molecule has 0 bridgehead atoms. The van der Waals surface area contributed by atoms with Crippen LogP contribution < -0.4 is 4.74 Å². The quantitative estimate of drug-likeness (QED) is 0.299. The van der Waals surface area contributed by atoms with Crippen LogP contribution in [0.25, 0.3) is 11.2 Å². The number of aromatic carboxylic acids is 1. The predicted octanol–water partition coefficient (Wildman–Crippen LogP) is 5.26. The van der Waals surface area contributed by atoms with E-state index in [1.807, 2.05) is 16.7 Å². The van der Waals surface area contributed by atoms with Crippen LogP contribution in [0.1, 0.15) is 52.8 Å². The van der Waals surface area contributed by atoms with E-state index in [4.69, 9.17) is 30.5 Å². The molecule has 1 atom stereocenters. The topological polar surface area (TPSA) is 103 Å². The molecule has 1 aromatic carbocycles. The highest BCUT2D eigenvalue weighted by atomic mass is 35.5. The second-order valence-corrected chi connectivity index (χ2v) is 10.4. The maximum Gasteiger partial charge on any atom is 0.371 e. The highest BCUT2D eigenvalue weighted by Crippen LogP contribution is 2.30. The lowest BCUT2D eigenvalue weighted by molar-refractivity contribution is -0.0592. The van der Waals surface area contributed by atoms with Crippen molar-refractivity contribution in [2.24, 2.45) is 0 Å². The molecule has 0 unspecified atom stereocenters. The molecule has 0 saturated carbocycles. The summed E-state index contributed by atoms with van der Waals surface area (Å²) in [5.74, 6) is -0.0227. The van der Waals surface area contributed by atoms with Crippen LogP contribution >= 0.6 is 11.6 Å². The third-order valence-electron chi connectivity index (χ3n) is 7.42. The van der Waals surface area contributed by atoms with Crippen LogP contribution in [0.15, 0.2) is 46.9 Å². The van der Waals surface area contributed by atoms with E-state index in [1.165, 1.54) is 6.07 Å². The maximum atomic E-state index is 14.1. The van der Waals surface area contributed by atoms with Crippen molar-refractivity contribution in [3.8, 4) is 5.88 Å². The number of furan rings is 1. The van der Waals surface area contributed by atoms with Crippen molar-refractivity contribution in [3.63, 3.8) is 0 Å². The molecule has 5 heterocycles. The van der Waals surface area contributed by atoms with Gasteiger partial charge < -0.3 is 23.6 Å². The van der Waals surface area contributed by atoms with E-state index in [-0.39, 0.29) is 24.4 Å². The molecule has 0 aliphatic carbocycles. The lowest BCUT2D eigenvalue weighted by Crippen LogP contribution is -2.35. The number of hydrogen-bond donors (Lipinski definition) is 1. The van der Waals surface area contributed by atoms with Gasteiger partial charge in [0, 0.05) is 40.9 Å². The van der Waals surface area contributed by atoms with Gasteiger partial charge in [0.1, 0.15) is 23.8 Å². The molecule has 9 nitrogen and oxygen atoms in total. The van der Waals surface area contributed by atoms with Crippen molar-refractivity contribution in [1.29, 1.82) is 0 Å². The molecule has 3 aromatic heterocycles. The monoisotopic (exact) mass is 554 g/mol. The third kappa shape index (κ3) is 5.63. The molecule has 2 aliphatic heterocycles. The Kier molecular flexibility index (Phi) is 7.24. The summed E-state index contributed by atoms with van der Waals surface area (Å²) in [6.45, 7) is 3.80. The number of carbonyl (C=O) groups is 1. The van der Waals surface area contributed by atoms with Gasteiger partial charge in [-0.15, -0.1) is 0 Å². The molecule has 2 saturated heterocycles. The van der Waals surface area contributed by atoms with Crippen molar-refractivity contribution in [1.82, 2.24) is 19.4 Å². The molecule has 6 rings (SSSR count). The van der Waals surface area contributed by atoms with Gasteiger partial charge in [0.2, 0.25) is 17.4 Å². The molecule has 0 amide bonds. The third-order valence-corrected chi connectivity index (χ3v) is 7.66. The van der Waals surface area contributed by atoms with E-state index in [0.29, 0.717) is 40.8 Å². The first-order chi connectivity index (χ1) is 18.9. The number of carboxylic acid groups (broad SMARTS) is 1. The second-order valence-electron chi connectivity index (χ2n) is 10.0.